The molecule has 4 aromatic rings. The van der Waals surface area contributed by atoms with Crippen LogP contribution in [0.4, 0.5) is 5.69 Å². The van der Waals surface area contributed by atoms with Gasteiger partial charge in [0.1, 0.15) is 5.75 Å². The molecule has 0 spiro atoms. The second-order valence-corrected chi connectivity index (χ2v) is 9.14. The molecule has 10 heteroatoms. The maximum absolute atomic E-state index is 13.8. The van der Waals surface area contributed by atoms with Gasteiger partial charge < -0.3 is 25.4 Å². The number of carbonyl (C=O) groups excluding carboxylic acids is 1. The van der Waals surface area contributed by atoms with Crippen molar-refractivity contribution < 1.29 is 14.6 Å². The van der Waals surface area contributed by atoms with E-state index in [1.807, 2.05) is 37.7 Å². The number of anilines is 1. The first-order valence-electron chi connectivity index (χ1n) is 12.6. The zero-order valence-electron chi connectivity index (χ0n) is 22.6. The molecule has 3 N–H and O–H groups in total. The van der Waals surface area contributed by atoms with Crippen molar-refractivity contribution in [1.29, 1.82) is 0 Å². The Hall–Kier alpha value is -4.02. The number of hydrogen-bond donors (Lipinski definition) is 3. The lowest BCUT2D eigenvalue weighted by molar-refractivity contribution is 0.0785. The SMILES string of the molecule is CCn1ncc(CN(C)C(=O)c2cc(-c3ccc(NCCNC)c(C)n3)nc3ccc(O)cc23)c1COC. The van der Waals surface area contributed by atoms with Gasteiger partial charge in [0, 0.05) is 51.3 Å². The minimum absolute atomic E-state index is 0.0707. The van der Waals surface area contributed by atoms with Crippen LogP contribution in [0.2, 0.25) is 0 Å². The number of aromatic nitrogens is 4. The van der Waals surface area contributed by atoms with Gasteiger partial charge in [-0.3, -0.25) is 9.48 Å². The number of nitrogens with one attached hydrogen (secondary N) is 2. The number of methoxy groups -OCH3 is 1. The van der Waals surface area contributed by atoms with E-state index >= 15 is 0 Å². The topological polar surface area (TPSA) is 117 Å². The third kappa shape index (κ3) is 5.76. The van der Waals surface area contributed by atoms with Crippen LogP contribution < -0.4 is 10.6 Å². The molecule has 38 heavy (non-hydrogen) atoms. The molecular weight excluding hydrogens is 482 g/mol. The van der Waals surface area contributed by atoms with E-state index in [9.17, 15) is 9.90 Å². The third-order valence-corrected chi connectivity index (χ3v) is 6.43. The summed E-state index contributed by atoms with van der Waals surface area (Å²) in [4.78, 5) is 25.0. The summed E-state index contributed by atoms with van der Waals surface area (Å²) in [6.45, 7) is 7.06. The molecule has 0 aliphatic heterocycles. The predicted octanol–water partition coefficient (Wildman–Crippen LogP) is 3.58. The number of aromatic hydroxyl groups is 1. The van der Waals surface area contributed by atoms with Crippen LogP contribution in [0.25, 0.3) is 22.3 Å². The first-order valence-corrected chi connectivity index (χ1v) is 12.6. The molecule has 3 heterocycles. The van der Waals surface area contributed by atoms with E-state index in [4.69, 9.17) is 14.7 Å². The van der Waals surface area contributed by atoms with E-state index in [1.54, 1.807) is 49.5 Å². The fourth-order valence-corrected chi connectivity index (χ4v) is 4.43. The Morgan fingerprint density at radius 3 is 2.66 bits per heavy atom. The van der Waals surface area contributed by atoms with Crippen molar-refractivity contribution in [2.24, 2.45) is 0 Å². The molecule has 0 atom stereocenters. The van der Waals surface area contributed by atoms with E-state index in [1.165, 1.54) is 0 Å². The number of rotatable bonds is 11. The summed E-state index contributed by atoms with van der Waals surface area (Å²) in [7, 11) is 5.31. The number of benzene rings is 1. The summed E-state index contributed by atoms with van der Waals surface area (Å²) in [5.74, 6) is -0.125. The summed E-state index contributed by atoms with van der Waals surface area (Å²) >= 11 is 0. The molecule has 0 aliphatic rings. The zero-order valence-corrected chi connectivity index (χ0v) is 22.6. The number of pyridine rings is 2. The van der Waals surface area contributed by atoms with Crippen LogP contribution in [0, 0.1) is 6.92 Å². The summed E-state index contributed by atoms with van der Waals surface area (Å²) < 4.78 is 7.24. The summed E-state index contributed by atoms with van der Waals surface area (Å²) in [5, 5.41) is 21.7. The normalized spacial score (nSPS) is 11.2. The number of likely N-dealkylation sites (N-methyl/N-ethyl adjacent to an activating group) is 1. The van der Waals surface area contributed by atoms with E-state index in [0.29, 0.717) is 47.6 Å². The van der Waals surface area contributed by atoms with Gasteiger partial charge in [-0.05, 0) is 57.3 Å². The third-order valence-electron chi connectivity index (χ3n) is 6.43. The van der Waals surface area contributed by atoms with Crippen LogP contribution >= 0.6 is 0 Å². The zero-order chi connectivity index (χ0) is 27.2. The molecule has 4 rings (SSSR count). The van der Waals surface area contributed by atoms with Crippen LogP contribution in [0.5, 0.6) is 5.75 Å². The summed E-state index contributed by atoms with van der Waals surface area (Å²) in [6, 6.07) is 10.5. The number of carbonyl (C=O) groups is 1. The van der Waals surface area contributed by atoms with E-state index < -0.39 is 0 Å². The molecule has 0 unspecified atom stereocenters. The van der Waals surface area contributed by atoms with Crippen molar-refractivity contribution in [1.82, 2.24) is 30.0 Å². The van der Waals surface area contributed by atoms with Crippen molar-refractivity contribution in [3.05, 3.63) is 65.1 Å². The minimum Gasteiger partial charge on any atom is -0.508 e. The number of phenolic OH excluding ortho intramolecular Hbond substituents is 1. The van der Waals surface area contributed by atoms with Gasteiger partial charge in [0.05, 0.1) is 52.3 Å². The number of ether oxygens (including phenoxy) is 1. The lowest BCUT2D eigenvalue weighted by Gasteiger charge is -2.19. The largest absolute Gasteiger partial charge is 0.508 e. The molecule has 0 aliphatic carbocycles. The summed E-state index contributed by atoms with van der Waals surface area (Å²) in [5.41, 5.74) is 5.95. The molecule has 1 amide bonds. The van der Waals surface area contributed by atoms with Crippen molar-refractivity contribution in [2.75, 3.05) is 39.6 Å². The number of phenols is 1. The Labute approximate surface area is 222 Å². The number of fused-ring (bicyclic) bond motifs is 1. The Bertz CT molecular complexity index is 1430. The van der Waals surface area contributed by atoms with Gasteiger partial charge in [-0.15, -0.1) is 0 Å². The molecule has 0 bridgehead atoms. The fourth-order valence-electron chi connectivity index (χ4n) is 4.43. The molecule has 200 valence electrons. The van der Waals surface area contributed by atoms with Gasteiger partial charge in [0.2, 0.25) is 0 Å². The van der Waals surface area contributed by atoms with Gasteiger partial charge in [-0.25, -0.2) is 9.97 Å². The highest BCUT2D eigenvalue weighted by atomic mass is 16.5. The molecule has 10 nitrogen and oxygen atoms in total. The Kier molecular flexibility index (Phi) is 8.55. The van der Waals surface area contributed by atoms with Gasteiger partial charge >= 0.3 is 0 Å². The fraction of sp³-hybridized carbons (Fsp3) is 0.357. The van der Waals surface area contributed by atoms with Crippen LogP contribution in [-0.4, -0.2) is 70.0 Å². The first-order chi connectivity index (χ1) is 18.4. The monoisotopic (exact) mass is 517 g/mol. The van der Waals surface area contributed by atoms with Crippen molar-refractivity contribution in [3.8, 4) is 17.1 Å². The molecule has 3 aromatic heterocycles. The molecular formula is C28H35N7O3. The van der Waals surface area contributed by atoms with Crippen LogP contribution in [0.3, 0.4) is 0 Å². The van der Waals surface area contributed by atoms with Crippen LogP contribution in [0.1, 0.15) is 34.2 Å². The molecule has 0 radical (unpaired) electrons. The smallest absolute Gasteiger partial charge is 0.254 e. The molecule has 0 fully saturated rings. The molecule has 0 saturated carbocycles. The maximum atomic E-state index is 13.8. The van der Waals surface area contributed by atoms with Crippen molar-refractivity contribution in [2.45, 2.75) is 33.5 Å². The lowest BCUT2D eigenvalue weighted by Crippen LogP contribution is -2.27. The predicted molar refractivity (Wildman–Crippen MR) is 148 cm³/mol. The number of amides is 1. The first kappa shape index (κ1) is 27.0. The Balaban J connectivity index is 1.70. The van der Waals surface area contributed by atoms with Gasteiger partial charge in [-0.2, -0.15) is 5.10 Å². The lowest BCUT2D eigenvalue weighted by atomic mass is 10.0. The second-order valence-electron chi connectivity index (χ2n) is 9.14. The number of aryl methyl sites for hydroxylation is 2. The molecule has 0 saturated heterocycles. The average Bonchev–Trinajstić information content (AvgIpc) is 3.29. The summed E-state index contributed by atoms with van der Waals surface area (Å²) in [6.07, 6.45) is 1.78. The van der Waals surface area contributed by atoms with Crippen molar-refractivity contribution >= 4 is 22.5 Å². The average molecular weight is 518 g/mol. The van der Waals surface area contributed by atoms with E-state index in [-0.39, 0.29) is 11.7 Å². The standard InChI is InChI=1S/C28H35N7O3/c1-6-35-27(17-38-5)19(15-31-35)16-34(4)28(37)22-14-26(33-24-8-7-20(36)13-21(22)24)25-10-9-23(18(2)32-25)30-12-11-29-3/h7-10,13-15,29-30,36H,6,11-12,16-17H2,1-5H3. The van der Waals surface area contributed by atoms with Gasteiger partial charge in [0.25, 0.3) is 5.91 Å². The number of nitrogens with zero attached hydrogens (tertiary/aromatic N) is 5. The van der Waals surface area contributed by atoms with E-state index in [0.717, 1.165) is 35.7 Å². The van der Waals surface area contributed by atoms with Crippen LogP contribution in [-0.2, 0) is 24.4 Å². The van der Waals surface area contributed by atoms with Crippen LogP contribution in [0.15, 0.2) is 42.6 Å². The second kappa shape index (κ2) is 12.0. The van der Waals surface area contributed by atoms with Gasteiger partial charge in [-0.1, -0.05) is 0 Å². The highest BCUT2D eigenvalue weighted by Crippen LogP contribution is 2.29. The quantitative estimate of drug-likeness (QED) is 0.259. The maximum Gasteiger partial charge on any atom is 0.254 e. The minimum atomic E-state index is -0.195. The number of hydrogen-bond acceptors (Lipinski definition) is 8. The Morgan fingerprint density at radius 1 is 1.13 bits per heavy atom. The van der Waals surface area contributed by atoms with E-state index in [2.05, 4.69) is 15.7 Å². The Morgan fingerprint density at radius 2 is 1.95 bits per heavy atom. The highest BCUT2D eigenvalue weighted by molar-refractivity contribution is 6.07. The molecule has 1 aromatic carbocycles. The highest BCUT2D eigenvalue weighted by Gasteiger charge is 2.21. The van der Waals surface area contributed by atoms with Gasteiger partial charge in [0.15, 0.2) is 0 Å². The van der Waals surface area contributed by atoms with Crippen molar-refractivity contribution in [3.63, 3.8) is 0 Å².